The zero-order valence-electron chi connectivity index (χ0n) is 36.8. The van der Waals surface area contributed by atoms with E-state index in [-0.39, 0.29) is 23.2 Å². The van der Waals surface area contributed by atoms with E-state index in [4.69, 9.17) is 0 Å². The van der Waals surface area contributed by atoms with Gasteiger partial charge < -0.3 is 19.6 Å². The van der Waals surface area contributed by atoms with Crippen molar-refractivity contribution in [3.8, 4) is 33.4 Å². The second kappa shape index (κ2) is 13.5. The van der Waals surface area contributed by atoms with Crippen LogP contribution in [0.15, 0.2) is 169 Å². The summed E-state index contributed by atoms with van der Waals surface area (Å²) in [5.41, 5.74) is 23.2. The fourth-order valence-corrected chi connectivity index (χ4v) is 13.2. The van der Waals surface area contributed by atoms with Crippen LogP contribution in [0.5, 0.6) is 0 Å². The van der Waals surface area contributed by atoms with Crippen molar-refractivity contribution in [2.24, 2.45) is 5.41 Å². The summed E-state index contributed by atoms with van der Waals surface area (Å²) in [6.45, 7) is 14.2. The van der Waals surface area contributed by atoms with Gasteiger partial charge in [0.05, 0.1) is 11.4 Å². The molecule has 0 fully saturated rings. The summed E-state index contributed by atoms with van der Waals surface area (Å²) in [5, 5.41) is 0. The Balaban J connectivity index is 1.22. The predicted molar refractivity (Wildman–Crippen MR) is 260 cm³/mol. The molecule has 0 radical (unpaired) electrons. The van der Waals surface area contributed by atoms with Crippen LogP contribution in [0.3, 0.4) is 0 Å². The van der Waals surface area contributed by atoms with Crippen molar-refractivity contribution in [2.75, 3.05) is 19.6 Å². The van der Waals surface area contributed by atoms with E-state index < -0.39 is 0 Å². The van der Waals surface area contributed by atoms with Crippen molar-refractivity contribution in [1.82, 2.24) is 0 Å². The second-order valence-electron chi connectivity index (χ2n) is 18.7. The summed E-state index contributed by atoms with van der Waals surface area (Å²) >= 11 is 0. The molecule has 12 rings (SSSR count). The average Bonchev–Trinajstić information content (AvgIpc) is 3.78. The second-order valence-corrected chi connectivity index (χ2v) is 18.7. The lowest BCUT2D eigenvalue weighted by molar-refractivity contribution is 0.0463. The molecule has 306 valence electrons. The summed E-state index contributed by atoms with van der Waals surface area (Å²) in [5.74, 6) is 0. The molecular weight excluding hydrogens is 753 g/mol. The highest BCUT2D eigenvalue weighted by molar-refractivity contribution is 5.97. The Morgan fingerprint density at radius 3 is 1.71 bits per heavy atom. The van der Waals surface area contributed by atoms with Gasteiger partial charge in [0.1, 0.15) is 12.3 Å². The largest absolute Gasteiger partial charge is 0.322 e. The molecule has 7 bridgehead atoms. The van der Waals surface area contributed by atoms with Crippen molar-refractivity contribution in [1.29, 1.82) is 0 Å². The highest BCUT2D eigenvalue weighted by atomic mass is 15.5. The number of benzene rings is 7. The van der Waals surface area contributed by atoms with E-state index in [1.165, 1.54) is 101 Å². The van der Waals surface area contributed by atoms with E-state index in [2.05, 4.69) is 219 Å². The average molecular weight is 807 g/mol. The number of hydrogen-bond acceptors (Lipinski definition) is 4. The first-order chi connectivity index (χ1) is 30.3. The van der Waals surface area contributed by atoms with Crippen molar-refractivity contribution in [3.05, 3.63) is 191 Å². The molecule has 4 heteroatoms. The molecule has 62 heavy (non-hydrogen) atoms. The molecule has 1 aliphatic carbocycles. The summed E-state index contributed by atoms with van der Waals surface area (Å²) in [7, 11) is 0. The van der Waals surface area contributed by atoms with Gasteiger partial charge in [-0.15, -0.1) is 0 Å². The molecule has 0 saturated carbocycles. The number of fused-ring (bicyclic) bond motifs is 15. The highest BCUT2D eigenvalue weighted by Crippen LogP contribution is 2.68. The number of rotatable bonds is 5. The summed E-state index contributed by atoms with van der Waals surface area (Å²) in [6.07, 6.45) is 4.12. The van der Waals surface area contributed by atoms with Crippen LogP contribution in [0, 0.1) is 19.3 Å². The summed E-state index contributed by atoms with van der Waals surface area (Å²) in [6, 6.07) is 60.7. The maximum atomic E-state index is 2.77. The number of hydrogen-bond donors (Lipinski definition) is 0. The molecule has 4 unspecified atom stereocenters. The van der Waals surface area contributed by atoms with Gasteiger partial charge in [-0.25, -0.2) is 0 Å². The normalized spacial score (nSPS) is 22.6. The minimum absolute atomic E-state index is 0.0665. The molecular formula is C58H54N4. The molecule has 7 aromatic carbocycles. The minimum Gasteiger partial charge on any atom is -0.322 e. The lowest BCUT2D eigenvalue weighted by atomic mass is 9.49. The van der Waals surface area contributed by atoms with Crippen LogP contribution in [0.1, 0.15) is 69.2 Å². The van der Waals surface area contributed by atoms with Crippen molar-refractivity contribution >= 4 is 34.1 Å². The zero-order valence-corrected chi connectivity index (χ0v) is 36.8. The monoisotopic (exact) mass is 806 g/mol. The van der Waals surface area contributed by atoms with Crippen LogP contribution < -0.4 is 19.6 Å². The van der Waals surface area contributed by atoms with Gasteiger partial charge in [0, 0.05) is 45.0 Å². The Morgan fingerprint density at radius 1 is 0.484 bits per heavy atom. The molecule has 0 amide bonds. The van der Waals surface area contributed by atoms with E-state index in [0.29, 0.717) is 0 Å². The quantitative estimate of drug-likeness (QED) is 0.172. The summed E-state index contributed by atoms with van der Waals surface area (Å²) in [4.78, 5) is 10.9. The van der Waals surface area contributed by atoms with E-state index in [1.54, 1.807) is 0 Å². The molecule has 4 heterocycles. The van der Waals surface area contributed by atoms with Gasteiger partial charge in [-0.2, -0.15) is 0 Å². The Hall–Kier alpha value is -6.52. The standard InChI is InChI=1S/C58H54N4/c1-7-57-36-54-61(46-20-13-10-14-21-46)52-24-15-16-25-53(52)62(54)51-29-27-42(34-49(51)57)48-23-17-22-47(55(48)43-31-37(3)30-38(4)32-43)41-26-28-50-44(33-41)35-58(57,8-2)56-59(39(5)40(6)60(50)56)45-18-11-9-12-19-45/h9-34,54,56H,7-8,35-36H2,1-6H3. The molecule has 0 spiro atoms. The molecule has 0 saturated heterocycles. The topological polar surface area (TPSA) is 13.0 Å². The van der Waals surface area contributed by atoms with Gasteiger partial charge in [0.15, 0.2) is 0 Å². The van der Waals surface area contributed by atoms with E-state index >= 15 is 0 Å². The van der Waals surface area contributed by atoms with Crippen LogP contribution >= 0.6 is 0 Å². The first-order valence-corrected chi connectivity index (χ1v) is 22.8. The maximum absolute atomic E-state index is 2.77. The molecule has 0 N–H and O–H groups in total. The van der Waals surface area contributed by atoms with Gasteiger partial charge in [-0.3, -0.25) is 0 Å². The van der Waals surface area contributed by atoms with Gasteiger partial charge in [0.2, 0.25) is 0 Å². The van der Waals surface area contributed by atoms with Crippen LogP contribution in [-0.4, -0.2) is 12.3 Å². The number of aryl methyl sites for hydroxylation is 2. The van der Waals surface area contributed by atoms with Crippen LogP contribution in [0.4, 0.5) is 34.1 Å². The maximum Gasteiger partial charge on any atom is 0.117 e. The molecule has 0 aromatic heterocycles. The molecule has 4 nitrogen and oxygen atoms in total. The Kier molecular flexibility index (Phi) is 8.11. The SMILES string of the molecule is CCC12CC3N(c4ccccc4)c4ccccc4N3c3ccc(cc31)-c1cccc(c1-c1cc(C)cc(C)c1)-c1ccc3c(c1)CC2(CC)C1N(c2ccccc2)C(C)=C(C)N31. The predicted octanol–water partition coefficient (Wildman–Crippen LogP) is 14.8. The van der Waals surface area contributed by atoms with E-state index in [1.807, 2.05) is 0 Å². The van der Waals surface area contributed by atoms with Gasteiger partial charge >= 0.3 is 0 Å². The third-order valence-corrected chi connectivity index (χ3v) is 15.8. The highest BCUT2D eigenvalue weighted by Gasteiger charge is 2.65. The van der Waals surface area contributed by atoms with Gasteiger partial charge in [-0.05, 0) is 159 Å². The zero-order chi connectivity index (χ0) is 42.1. The van der Waals surface area contributed by atoms with Gasteiger partial charge in [-0.1, -0.05) is 122 Å². The van der Waals surface area contributed by atoms with Crippen LogP contribution in [-0.2, 0) is 11.8 Å². The lowest BCUT2D eigenvalue weighted by Crippen LogP contribution is -2.67. The third-order valence-electron chi connectivity index (χ3n) is 15.8. The van der Waals surface area contributed by atoms with Crippen molar-refractivity contribution in [3.63, 3.8) is 0 Å². The minimum atomic E-state index is -0.255. The Morgan fingerprint density at radius 2 is 1.06 bits per heavy atom. The van der Waals surface area contributed by atoms with Crippen molar-refractivity contribution in [2.45, 2.75) is 85.0 Å². The fourth-order valence-electron chi connectivity index (χ4n) is 13.2. The number of para-hydroxylation sites is 4. The molecule has 5 aliphatic rings. The molecule has 7 aromatic rings. The molecule has 4 atom stereocenters. The number of nitrogens with zero attached hydrogens (tertiary/aromatic N) is 4. The molecule has 4 aliphatic heterocycles. The van der Waals surface area contributed by atoms with Crippen molar-refractivity contribution < 1.29 is 0 Å². The van der Waals surface area contributed by atoms with Crippen LogP contribution in [0.25, 0.3) is 33.4 Å². The lowest BCUT2D eigenvalue weighted by Gasteiger charge is -2.63. The smallest absolute Gasteiger partial charge is 0.117 e. The number of anilines is 6. The number of allylic oxidation sites excluding steroid dienone is 2. The first kappa shape index (κ1) is 37.3. The van der Waals surface area contributed by atoms with Gasteiger partial charge in [0.25, 0.3) is 0 Å². The van der Waals surface area contributed by atoms with Crippen LogP contribution in [0.2, 0.25) is 0 Å². The Labute approximate surface area is 367 Å². The Bertz CT molecular complexity index is 2960. The first-order valence-electron chi connectivity index (χ1n) is 22.8. The van der Waals surface area contributed by atoms with E-state index in [0.717, 1.165) is 25.7 Å². The third kappa shape index (κ3) is 4.89. The summed E-state index contributed by atoms with van der Waals surface area (Å²) < 4.78 is 0. The van der Waals surface area contributed by atoms with E-state index in [9.17, 15) is 0 Å². The fraction of sp³-hybridized carbons (Fsp3) is 0.241.